The van der Waals surface area contributed by atoms with Gasteiger partial charge in [0.25, 0.3) is 5.56 Å². The average molecular weight is 462 g/mol. The van der Waals surface area contributed by atoms with Gasteiger partial charge in [-0.2, -0.15) is 0 Å². The maximum Gasteiger partial charge on any atom is 0.283 e. The third-order valence-electron chi connectivity index (χ3n) is 4.44. The zero-order valence-electron chi connectivity index (χ0n) is 16.9. The number of aryl methyl sites for hydroxylation is 1. The highest BCUT2D eigenvalue weighted by atomic mass is 32.2. The van der Waals surface area contributed by atoms with Crippen LogP contribution in [0.1, 0.15) is 5.56 Å². The van der Waals surface area contributed by atoms with Gasteiger partial charge < -0.3 is 5.32 Å². The molecule has 1 N–H and O–H groups in total. The van der Waals surface area contributed by atoms with Crippen LogP contribution >= 0.6 is 0 Å². The lowest BCUT2D eigenvalue weighted by Crippen LogP contribution is -2.28. The van der Waals surface area contributed by atoms with E-state index in [2.05, 4.69) is 10.3 Å². The monoisotopic (exact) mass is 461 g/mol. The molecule has 0 aliphatic heterocycles. The predicted molar refractivity (Wildman–Crippen MR) is 116 cm³/mol. The smallest absolute Gasteiger partial charge is 0.283 e. The fraction of sp³-hybridized carbons (Fsp3) is 0.150. The molecule has 0 radical (unpaired) electrons. The molecular weight excluding hydrogens is 442 g/mol. The van der Waals surface area contributed by atoms with Crippen LogP contribution in [0.4, 0.5) is 5.69 Å². The summed E-state index contributed by atoms with van der Waals surface area (Å²) in [5.74, 6) is -0.0224. The summed E-state index contributed by atoms with van der Waals surface area (Å²) < 4.78 is 49.3. The van der Waals surface area contributed by atoms with Gasteiger partial charge in [-0.15, -0.1) is 0 Å². The number of rotatable bonds is 6. The van der Waals surface area contributed by atoms with Gasteiger partial charge in [0.05, 0.1) is 10.6 Å². The van der Waals surface area contributed by atoms with Crippen molar-refractivity contribution in [1.29, 1.82) is 0 Å². The molecule has 9 nitrogen and oxygen atoms in total. The van der Waals surface area contributed by atoms with Crippen molar-refractivity contribution >= 4 is 31.8 Å². The average Bonchev–Trinajstić information content (AvgIpc) is 2.69. The summed E-state index contributed by atoms with van der Waals surface area (Å²) >= 11 is 0. The van der Waals surface area contributed by atoms with Gasteiger partial charge in [-0.05, 0) is 43.3 Å². The summed E-state index contributed by atoms with van der Waals surface area (Å²) in [7, 11) is -7.44. The Morgan fingerprint density at radius 3 is 1.97 bits per heavy atom. The van der Waals surface area contributed by atoms with Crippen molar-refractivity contribution < 1.29 is 21.6 Å². The number of aromatic nitrogens is 2. The van der Waals surface area contributed by atoms with Crippen LogP contribution in [0, 0.1) is 6.92 Å². The number of nitrogens with zero attached hydrogens (tertiary/aromatic N) is 2. The van der Waals surface area contributed by atoms with Crippen molar-refractivity contribution in [2.45, 2.75) is 16.8 Å². The Balaban J connectivity index is 2.42. The largest absolute Gasteiger partial charge is 0.322 e. The number of carbonyl (C=O) groups excluding carboxylic acids is 1. The van der Waals surface area contributed by atoms with E-state index in [0.717, 1.165) is 22.6 Å². The fourth-order valence-corrected chi connectivity index (χ4v) is 4.33. The maximum absolute atomic E-state index is 13.3. The number of hydrogen-bond donors (Lipinski definition) is 1. The van der Waals surface area contributed by atoms with Gasteiger partial charge in [0.2, 0.25) is 6.41 Å². The number of anilines is 1. The van der Waals surface area contributed by atoms with E-state index in [0.29, 0.717) is 11.3 Å². The van der Waals surface area contributed by atoms with Crippen LogP contribution in [-0.4, -0.2) is 45.3 Å². The summed E-state index contributed by atoms with van der Waals surface area (Å²) in [6.45, 7) is 1.86. The molecule has 0 bridgehead atoms. The number of benzene rings is 2. The topological polar surface area (TPSA) is 132 Å². The summed E-state index contributed by atoms with van der Waals surface area (Å²) in [5, 5.41) is 1.56. The molecular formula is C20H19N3O6S2. The van der Waals surface area contributed by atoms with Gasteiger partial charge in [0.15, 0.2) is 24.7 Å². The molecule has 0 aliphatic rings. The minimum atomic E-state index is -3.99. The molecule has 0 unspecified atom stereocenters. The van der Waals surface area contributed by atoms with Crippen molar-refractivity contribution in [3.63, 3.8) is 0 Å². The summed E-state index contributed by atoms with van der Waals surface area (Å²) in [4.78, 5) is 28.6. The molecule has 3 aromatic rings. The second kappa shape index (κ2) is 8.08. The van der Waals surface area contributed by atoms with E-state index in [1.54, 1.807) is 24.3 Å². The van der Waals surface area contributed by atoms with Gasteiger partial charge in [-0.3, -0.25) is 14.2 Å². The second-order valence-corrected chi connectivity index (χ2v) is 10.9. The van der Waals surface area contributed by atoms with E-state index in [4.69, 9.17) is 0 Å². The van der Waals surface area contributed by atoms with E-state index < -0.39 is 35.9 Å². The molecule has 0 fully saturated rings. The third kappa shape index (κ3) is 4.57. The molecule has 3 rings (SSSR count). The lowest BCUT2D eigenvalue weighted by molar-refractivity contribution is -0.105. The lowest BCUT2D eigenvalue weighted by atomic mass is 10.2. The Labute approximate surface area is 179 Å². The normalized spacial score (nSPS) is 11.8. The van der Waals surface area contributed by atoms with E-state index in [9.17, 15) is 26.4 Å². The Morgan fingerprint density at radius 2 is 1.48 bits per heavy atom. The first-order chi connectivity index (χ1) is 14.4. The standard InChI is InChI=1S/C20H19N3O6S2/c1-13-4-8-15(9-5-13)23-18(14-6-10-16(11-7-14)30(2,26)27)22-19(31(3,28)29)17(20(23)25)21-12-24/h4-12H,1-3H3,(H,21,24). The second-order valence-electron chi connectivity index (χ2n) is 6.92. The molecule has 1 amide bonds. The highest BCUT2D eigenvalue weighted by Gasteiger charge is 2.25. The molecule has 0 atom stereocenters. The van der Waals surface area contributed by atoms with Crippen LogP contribution in [0.5, 0.6) is 0 Å². The van der Waals surface area contributed by atoms with Crippen LogP contribution in [0.15, 0.2) is 63.2 Å². The van der Waals surface area contributed by atoms with Crippen LogP contribution < -0.4 is 10.9 Å². The maximum atomic E-state index is 13.3. The minimum absolute atomic E-state index is 0.0224. The van der Waals surface area contributed by atoms with Gasteiger partial charge >= 0.3 is 0 Å². The number of hydrogen-bond acceptors (Lipinski definition) is 7. The van der Waals surface area contributed by atoms with Crippen molar-refractivity contribution in [2.24, 2.45) is 0 Å². The Bertz CT molecular complexity index is 1420. The Kier molecular flexibility index (Phi) is 5.83. The first-order valence-corrected chi connectivity index (χ1v) is 12.7. The van der Waals surface area contributed by atoms with Crippen LogP contribution in [-0.2, 0) is 24.5 Å². The third-order valence-corrected chi connectivity index (χ3v) is 6.56. The summed E-state index contributed by atoms with van der Waals surface area (Å²) in [5.41, 5.74) is 0.359. The molecule has 0 saturated carbocycles. The fourth-order valence-electron chi connectivity index (χ4n) is 2.93. The molecule has 2 aromatic carbocycles. The van der Waals surface area contributed by atoms with Crippen LogP contribution in [0.3, 0.4) is 0 Å². The molecule has 1 aromatic heterocycles. The van der Waals surface area contributed by atoms with Gasteiger partial charge in [-0.25, -0.2) is 21.8 Å². The first-order valence-electron chi connectivity index (χ1n) is 8.88. The van der Waals surface area contributed by atoms with Crippen molar-refractivity contribution in [3.05, 3.63) is 64.4 Å². The van der Waals surface area contributed by atoms with Crippen LogP contribution in [0.2, 0.25) is 0 Å². The van der Waals surface area contributed by atoms with Crippen molar-refractivity contribution in [2.75, 3.05) is 17.8 Å². The molecule has 11 heteroatoms. The predicted octanol–water partition coefficient (Wildman–Crippen LogP) is 1.58. The quantitative estimate of drug-likeness (QED) is 0.435. The molecule has 31 heavy (non-hydrogen) atoms. The Morgan fingerprint density at radius 1 is 0.903 bits per heavy atom. The van der Waals surface area contributed by atoms with E-state index in [-0.39, 0.29) is 17.1 Å². The Hall–Kier alpha value is -3.31. The van der Waals surface area contributed by atoms with Crippen molar-refractivity contribution in [3.8, 4) is 17.1 Å². The van der Waals surface area contributed by atoms with Gasteiger partial charge in [0, 0.05) is 18.1 Å². The van der Waals surface area contributed by atoms with E-state index >= 15 is 0 Å². The van der Waals surface area contributed by atoms with Crippen LogP contribution in [0.25, 0.3) is 17.1 Å². The minimum Gasteiger partial charge on any atom is -0.322 e. The number of carbonyl (C=O) groups is 1. The van der Waals surface area contributed by atoms with Gasteiger partial charge in [0.1, 0.15) is 11.5 Å². The molecule has 0 aliphatic carbocycles. The highest BCUT2D eigenvalue weighted by molar-refractivity contribution is 7.91. The molecule has 1 heterocycles. The number of nitrogens with one attached hydrogen (secondary N) is 1. The number of sulfone groups is 2. The zero-order chi connectivity index (χ0) is 23.0. The van der Waals surface area contributed by atoms with Gasteiger partial charge in [-0.1, -0.05) is 17.7 Å². The van der Waals surface area contributed by atoms with E-state index in [1.807, 2.05) is 6.92 Å². The molecule has 0 saturated heterocycles. The summed E-state index contributed by atoms with van der Waals surface area (Å²) in [6, 6.07) is 12.4. The first kappa shape index (κ1) is 22.4. The molecule has 162 valence electrons. The van der Waals surface area contributed by atoms with E-state index in [1.165, 1.54) is 24.3 Å². The SMILES string of the molecule is Cc1ccc(-n2c(-c3ccc(S(C)(=O)=O)cc3)nc(S(C)(=O)=O)c(NC=O)c2=O)cc1. The number of amides is 1. The highest BCUT2D eigenvalue weighted by Crippen LogP contribution is 2.26. The zero-order valence-corrected chi connectivity index (χ0v) is 18.5. The van der Waals surface area contributed by atoms with Crippen molar-refractivity contribution in [1.82, 2.24) is 9.55 Å². The summed E-state index contributed by atoms with van der Waals surface area (Å²) in [6.07, 6.45) is 2.13. The lowest BCUT2D eigenvalue weighted by Gasteiger charge is -2.16. The molecule has 0 spiro atoms.